The number of nitrogens with zero attached hydrogens (tertiary/aromatic N) is 3. The largest absolute Gasteiger partial charge is 0.289 e. The van der Waals surface area contributed by atoms with Crippen LogP contribution in [0.15, 0.2) is 49.1 Å². The van der Waals surface area contributed by atoms with Gasteiger partial charge < -0.3 is 0 Å². The first kappa shape index (κ1) is 15.0. The Bertz CT molecular complexity index is 823. The predicted octanol–water partition coefficient (Wildman–Crippen LogP) is 4.53. The van der Waals surface area contributed by atoms with Gasteiger partial charge in [-0.1, -0.05) is 41.4 Å². The van der Waals surface area contributed by atoms with Crippen molar-refractivity contribution in [3.63, 3.8) is 0 Å². The molecule has 7 heteroatoms. The van der Waals surface area contributed by atoms with E-state index in [9.17, 15) is 4.79 Å². The third-order valence-electron chi connectivity index (χ3n) is 2.93. The highest BCUT2D eigenvalue weighted by atomic mass is 35.5. The minimum Gasteiger partial charge on any atom is -0.289 e. The first-order chi connectivity index (χ1) is 10.6. The molecule has 0 radical (unpaired) electrons. The van der Waals surface area contributed by atoms with Gasteiger partial charge in [-0.15, -0.1) is 11.3 Å². The molecule has 0 N–H and O–H groups in total. The smallest absolute Gasteiger partial charge is 0.188 e. The summed E-state index contributed by atoms with van der Waals surface area (Å²) in [4.78, 5) is 16.0. The highest BCUT2D eigenvalue weighted by Gasteiger charge is 2.11. The van der Waals surface area contributed by atoms with Gasteiger partial charge in [0.2, 0.25) is 0 Å². The molecule has 22 heavy (non-hydrogen) atoms. The molecule has 0 aliphatic carbocycles. The van der Waals surface area contributed by atoms with E-state index in [-0.39, 0.29) is 5.78 Å². The lowest BCUT2D eigenvalue weighted by Gasteiger charge is -2.00. The first-order valence-electron chi connectivity index (χ1n) is 6.26. The Balaban J connectivity index is 1.75. The zero-order valence-electron chi connectivity index (χ0n) is 11.1. The Labute approximate surface area is 140 Å². The lowest BCUT2D eigenvalue weighted by Crippen LogP contribution is -1.94. The third kappa shape index (κ3) is 3.27. The van der Waals surface area contributed by atoms with Crippen LogP contribution in [-0.2, 0) is 0 Å². The molecule has 110 valence electrons. The number of aromatic nitrogens is 3. The van der Waals surface area contributed by atoms with Gasteiger partial charge in [0.1, 0.15) is 17.0 Å². The molecule has 0 amide bonds. The predicted molar refractivity (Wildman–Crippen MR) is 89.1 cm³/mol. The molecule has 3 aromatic rings. The summed E-state index contributed by atoms with van der Waals surface area (Å²) in [6.45, 7) is 0. The molecule has 0 saturated heterocycles. The topological polar surface area (TPSA) is 47.8 Å². The van der Waals surface area contributed by atoms with E-state index >= 15 is 0 Å². The van der Waals surface area contributed by atoms with Gasteiger partial charge in [0.15, 0.2) is 5.78 Å². The zero-order chi connectivity index (χ0) is 15.5. The summed E-state index contributed by atoms with van der Waals surface area (Å²) in [6.07, 6.45) is 6.31. The van der Waals surface area contributed by atoms with E-state index < -0.39 is 0 Å². The van der Waals surface area contributed by atoms with Crippen LogP contribution < -0.4 is 0 Å². The maximum atomic E-state index is 12.1. The molecule has 0 atom stereocenters. The van der Waals surface area contributed by atoms with Crippen LogP contribution in [0.25, 0.3) is 11.8 Å². The van der Waals surface area contributed by atoms with Gasteiger partial charge in [0.05, 0.1) is 15.6 Å². The van der Waals surface area contributed by atoms with Crippen LogP contribution in [0.2, 0.25) is 8.67 Å². The molecule has 2 heterocycles. The molecule has 0 aliphatic rings. The maximum Gasteiger partial charge on any atom is 0.188 e. The molecule has 3 rings (SSSR count). The van der Waals surface area contributed by atoms with Crippen molar-refractivity contribution in [1.29, 1.82) is 0 Å². The SMILES string of the molecule is O=C(/C=C/c1ccc(-n2cncn2)cc1)c1cc(Cl)sc1Cl. The minimum atomic E-state index is -0.173. The van der Waals surface area contributed by atoms with E-state index in [0.717, 1.165) is 11.3 Å². The second kappa shape index (κ2) is 6.44. The Morgan fingerprint density at radius 1 is 1.23 bits per heavy atom. The number of rotatable bonds is 4. The molecule has 0 fully saturated rings. The molecule has 0 aliphatic heterocycles. The summed E-state index contributed by atoms with van der Waals surface area (Å²) in [5, 5.41) is 4.05. The van der Waals surface area contributed by atoms with Crippen LogP contribution in [0.3, 0.4) is 0 Å². The van der Waals surface area contributed by atoms with Crippen molar-refractivity contribution >= 4 is 46.4 Å². The van der Waals surface area contributed by atoms with E-state index in [4.69, 9.17) is 23.2 Å². The van der Waals surface area contributed by atoms with E-state index in [1.165, 1.54) is 23.7 Å². The fourth-order valence-corrected chi connectivity index (χ4v) is 3.32. The summed E-state index contributed by atoms with van der Waals surface area (Å²) in [7, 11) is 0. The molecular weight excluding hydrogens is 341 g/mol. The number of benzene rings is 1. The van der Waals surface area contributed by atoms with E-state index in [1.807, 2.05) is 24.3 Å². The van der Waals surface area contributed by atoms with Crippen molar-refractivity contribution in [3.05, 3.63) is 68.9 Å². The summed E-state index contributed by atoms with van der Waals surface area (Å²) in [5.74, 6) is -0.173. The number of halogens is 2. The van der Waals surface area contributed by atoms with Crippen molar-refractivity contribution < 1.29 is 4.79 Å². The number of hydrogen-bond acceptors (Lipinski definition) is 4. The molecular formula is C15H9Cl2N3OS. The van der Waals surface area contributed by atoms with E-state index in [1.54, 1.807) is 23.2 Å². The van der Waals surface area contributed by atoms with Crippen LogP contribution in [0.5, 0.6) is 0 Å². The van der Waals surface area contributed by atoms with Crippen LogP contribution >= 0.6 is 34.5 Å². The fourth-order valence-electron chi connectivity index (χ4n) is 1.85. The number of hydrogen-bond donors (Lipinski definition) is 0. The monoisotopic (exact) mass is 349 g/mol. The average Bonchev–Trinajstić information content (AvgIpc) is 3.15. The average molecular weight is 350 g/mol. The van der Waals surface area contributed by atoms with Gasteiger partial charge in [0.25, 0.3) is 0 Å². The number of carbonyl (C=O) groups is 1. The third-order valence-corrected chi connectivity index (χ3v) is 4.41. The molecule has 4 nitrogen and oxygen atoms in total. The minimum absolute atomic E-state index is 0.173. The molecule has 1 aromatic carbocycles. The van der Waals surface area contributed by atoms with E-state index in [2.05, 4.69) is 10.1 Å². The fraction of sp³-hybridized carbons (Fsp3) is 0. The summed E-state index contributed by atoms with van der Waals surface area (Å²) >= 11 is 13.0. The van der Waals surface area contributed by atoms with Gasteiger partial charge in [-0.3, -0.25) is 4.79 Å². The Hall–Kier alpha value is -1.95. The standard InChI is InChI=1S/C15H9Cl2N3OS/c16-14-7-12(15(17)22-14)13(21)6-3-10-1-4-11(5-2-10)20-9-18-8-19-20/h1-9H/b6-3+. The number of carbonyl (C=O) groups excluding carboxylic acids is 1. The number of allylic oxidation sites excluding steroid dienone is 1. The first-order valence-corrected chi connectivity index (χ1v) is 7.83. The second-order valence-electron chi connectivity index (χ2n) is 4.37. The van der Waals surface area contributed by atoms with Gasteiger partial charge >= 0.3 is 0 Å². The molecule has 0 bridgehead atoms. The van der Waals surface area contributed by atoms with Crippen molar-refractivity contribution in [3.8, 4) is 5.69 Å². The second-order valence-corrected chi connectivity index (χ2v) is 6.65. The quantitative estimate of drug-likeness (QED) is 0.513. The molecule has 0 unspecified atom stereocenters. The van der Waals surface area contributed by atoms with Crippen molar-refractivity contribution in [2.45, 2.75) is 0 Å². The molecule has 0 spiro atoms. The Morgan fingerprint density at radius 3 is 2.59 bits per heavy atom. The summed E-state index contributed by atoms with van der Waals surface area (Å²) in [6, 6.07) is 9.15. The van der Waals surface area contributed by atoms with Crippen molar-refractivity contribution in [2.75, 3.05) is 0 Å². The lowest BCUT2D eigenvalue weighted by atomic mass is 10.1. The highest BCUT2D eigenvalue weighted by molar-refractivity contribution is 7.20. The molecule has 0 saturated carbocycles. The van der Waals surface area contributed by atoms with Crippen molar-refractivity contribution in [2.24, 2.45) is 0 Å². The van der Waals surface area contributed by atoms with Gasteiger partial charge in [0, 0.05) is 0 Å². The van der Waals surface area contributed by atoms with Gasteiger partial charge in [-0.25, -0.2) is 9.67 Å². The Kier molecular flexibility index (Phi) is 4.38. The maximum absolute atomic E-state index is 12.1. The normalized spacial score (nSPS) is 11.2. The Morgan fingerprint density at radius 2 is 2.00 bits per heavy atom. The number of ketones is 1. The van der Waals surface area contributed by atoms with E-state index in [0.29, 0.717) is 14.2 Å². The lowest BCUT2D eigenvalue weighted by molar-refractivity contribution is 0.104. The number of thiophene rings is 1. The van der Waals surface area contributed by atoms with Crippen LogP contribution in [0, 0.1) is 0 Å². The van der Waals surface area contributed by atoms with Gasteiger partial charge in [-0.2, -0.15) is 5.10 Å². The summed E-state index contributed by atoms with van der Waals surface area (Å²) < 4.78 is 2.56. The van der Waals surface area contributed by atoms with Gasteiger partial charge in [-0.05, 0) is 29.8 Å². The summed E-state index contributed by atoms with van der Waals surface area (Å²) in [5.41, 5.74) is 2.22. The van der Waals surface area contributed by atoms with Crippen LogP contribution in [0.4, 0.5) is 0 Å². The zero-order valence-corrected chi connectivity index (χ0v) is 13.4. The van der Waals surface area contributed by atoms with Crippen LogP contribution in [0.1, 0.15) is 15.9 Å². The highest BCUT2D eigenvalue weighted by Crippen LogP contribution is 2.31. The molecule has 2 aromatic heterocycles. The van der Waals surface area contributed by atoms with Crippen molar-refractivity contribution in [1.82, 2.24) is 14.8 Å². The van der Waals surface area contributed by atoms with Crippen LogP contribution in [-0.4, -0.2) is 20.5 Å².